The Labute approximate surface area is 98.7 Å². The van der Waals surface area contributed by atoms with Gasteiger partial charge in [0.25, 0.3) is 0 Å². The van der Waals surface area contributed by atoms with Gasteiger partial charge < -0.3 is 14.8 Å². The van der Waals surface area contributed by atoms with Gasteiger partial charge in [-0.3, -0.25) is 0 Å². The zero-order chi connectivity index (χ0) is 12.1. The molecule has 1 heterocycles. The highest BCUT2D eigenvalue weighted by molar-refractivity contribution is 5.30. The maximum Gasteiger partial charge on any atom is 0.204 e. The van der Waals surface area contributed by atoms with E-state index in [4.69, 9.17) is 0 Å². The first-order valence-electron chi connectivity index (χ1n) is 5.94. The molecule has 0 bridgehead atoms. The van der Waals surface area contributed by atoms with Crippen molar-refractivity contribution in [2.75, 3.05) is 25.5 Å². The van der Waals surface area contributed by atoms with Gasteiger partial charge in [-0.05, 0) is 12.5 Å². The van der Waals surface area contributed by atoms with Crippen molar-refractivity contribution >= 4 is 5.95 Å². The van der Waals surface area contributed by atoms with E-state index in [0.717, 1.165) is 25.0 Å². The topological polar surface area (TPSA) is 33.1 Å². The second-order valence-electron chi connectivity index (χ2n) is 4.65. The molecule has 1 unspecified atom stereocenters. The molecule has 0 saturated carbocycles. The summed E-state index contributed by atoms with van der Waals surface area (Å²) in [6, 6.07) is 0. The van der Waals surface area contributed by atoms with Crippen molar-refractivity contribution in [1.82, 2.24) is 14.9 Å². The summed E-state index contributed by atoms with van der Waals surface area (Å²) in [6.45, 7) is 6.45. The van der Waals surface area contributed by atoms with E-state index < -0.39 is 0 Å². The van der Waals surface area contributed by atoms with Gasteiger partial charge in [-0.25, -0.2) is 4.98 Å². The molecule has 92 valence electrons. The van der Waals surface area contributed by atoms with Gasteiger partial charge in [0.05, 0.1) is 11.9 Å². The molecule has 0 spiro atoms. The number of rotatable bonds is 6. The summed E-state index contributed by atoms with van der Waals surface area (Å²) in [5, 5.41) is 3.47. The van der Waals surface area contributed by atoms with E-state index >= 15 is 0 Å². The molecular weight excluding hydrogens is 200 g/mol. The van der Waals surface area contributed by atoms with E-state index in [1.807, 2.05) is 25.2 Å². The SMILES string of the molecule is CCC(C)CNCc1cnc(N(C)C)n1C. The lowest BCUT2D eigenvalue weighted by molar-refractivity contribution is 0.494. The average molecular weight is 224 g/mol. The molecule has 1 aromatic heterocycles. The van der Waals surface area contributed by atoms with Crippen molar-refractivity contribution in [3.8, 4) is 0 Å². The molecule has 0 radical (unpaired) electrons. The van der Waals surface area contributed by atoms with Crippen LogP contribution in [-0.4, -0.2) is 30.2 Å². The Morgan fingerprint density at radius 3 is 2.69 bits per heavy atom. The van der Waals surface area contributed by atoms with Gasteiger partial charge in [0.1, 0.15) is 0 Å². The number of nitrogens with one attached hydrogen (secondary N) is 1. The highest BCUT2D eigenvalue weighted by Crippen LogP contribution is 2.10. The van der Waals surface area contributed by atoms with Crippen LogP contribution in [0.25, 0.3) is 0 Å². The number of aromatic nitrogens is 2. The van der Waals surface area contributed by atoms with Gasteiger partial charge >= 0.3 is 0 Å². The molecule has 0 aromatic carbocycles. The zero-order valence-electron chi connectivity index (χ0n) is 11.1. The molecule has 0 aliphatic carbocycles. The normalized spacial score (nSPS) is 12.8. The van der Waals surface area contributed by atoms with E-state index in [1.54, 1.807) is 0 Å². The van der Waals surface area contributed by atoms with E-state index in [2.05, 4.69) is 35.8 Å². The van der Waals surface area contributed by atoms with Gasteiger partial charge in [0, 0.05) is 27.7 Å². The summed E-state index contributed by atoms with van der Waals surface area (Å²) in [6.07, 6.45) is 3.17. The molecular formula is C12H24N4. The minimum absolute atomic E-state index is 0.738. The minimum atomic E-state index is 0.738. The van der Waals surface area contributed by atoms with Gasteiger partial charge in [0.15, 0.2) is 0 Å². The van der Waals surface area contributed by atoms with Crippen LogP contribution >= 0.6 is 0 Å². The van der Waals surface area contributed by atoms with Gasteiger partial charge in [-0.1, -0.05) is 20.3 Å². The van der Waals surface area contributed by atoms with E-state index in [1.165, 1.54) is 12.1 Å². The van der Waals surface area contributed by atoms with Crippen molar-refractivity contribution in [1.29, 1.82) is 0 Å². The van der Waals surface area contributed by atoms with Crippen LogP contribution in [0.1, 0.15) is 26.0 Å². The number of hydrogen-bond donors (Lipinski definition) is 1. The third-order valence-electron chi connectivity index (χ3n) is 2.96. The van der Waals surface area contributed by atoms with Crippen molar-refractivity contribution < 1.29 is 0 Å². The Hall–Kier alpha value is -1.03. The van der Waals surface area contributed by atoms with Crippen LogP contribution in [-0.2, 0) is 13.6 Å². The zero-order valence-corrected chi connectivity index (χ0v) is 11.1. The average Bonchev–Trinajstić information content (AvgIpc) is 2.60. The maximum atomic E-state index is 4.38. The Morgan fingerprint density at radius 1 is 1.50 bits per heavy atom. The van der Waals surface area contributed by atoms with Crippen LogP contribution in [0, 0.1) is 5.92 Å². The second-order valence-corrected chi connectivity index (χ2v) is 4.65. The molecule has 0 aliphatic rings. The van der Waals surface area contributed by atoms with Crippen molar-refractivity contribution in [2.45, 2.75) is 26.8 Å². The minimum Gasteiger partial charge on any atom is -0.348 e. The summed E-state index contributed by atoms with van der Waals surface area (Å²) < 4.78 is 2.13. The van der Waals surface area contributed by atoms with Crippen LogP contribution in [0.4, 0.5) is 5.95 Å². The summed E-state index contributed by atoms with van der Waals surface area (Å²) in [4.78, 5) is 6.41. The highest BCUT2D eigenvalue weighted by atomic mass is 15.3. The van der Waals surface area contributed by atoms with Gasteiger partial charge in [0.2, 0.25) is 5.95 Å². The highest BCUT2D eigenvalue weighted by Gasteiger charge is 2.07. The monoisotopic (exact) mass is 224 g/mol. The van der Waals surface area contributed by atoms with Crippen LogP contribution in [0.5, 0.6) is 0 Å². The fourth-order valence-corrected chi connectivity index (χ4v) is 1.60. The lowest BCUT2D eigenvalue weighted by Gasteiger charge is -2.13. The molecule has 1 N–H and O–H groups in total. The number of hydrogen-bond acceptors (Lipinski definition) is 3. The summed E-state index contributed by atoms with van der Waals surface area (Å²) in [5.41, 5.74) is 1.23. The van der Waals surface area contributed by atoms with Crippen LogP contribution in [0.2, 0.25) is 0 Å². The van der Waals surface area contributed by atoms with E-state index in [-0.39, 0.29) is 0 Å². The first-order valence-corrected chi connectivity index (χ1v) is 5.94. The molecule has 0 saturated heterocycles. The van der Waals surface area contributed by atoms with Crippen molar-refractivity contribution in [2.24, 2.45) is 13.0 Å². The van der Waals surface area contributed by atoms with Crippen molar-refractivity contribution in [3.63, 3.8) is 0 Å². The largest absolute Gasteiger partial charge is 0.348 e. The first kappa shape index (κ1) is 13.0. The predicted octanol–water partition coefficient (Wildman–Crippen LogP) is 1.62. The third kappa shape index (κ3) is 3.23. The van der Waals surface area contributed by atoms with Crippen molar-refractivity contribution in [3.05, 3.63) is 11.9 Å². The number of anilines is 1. The van der Waals surface area contributed by atoms with Crippen LogP contribution in [0.15, 0.2) is 6.20 Å². The van der Waals surface area contributed by atoms with Crippen LogP contribution < -0.4 is 10.2 Å². The summed E-state index contributed by atoms with van der Waals surface area (Å²) in [7, 11) is 6.08. The summed E-state index contributed by atoms with van der Waals surface area (Å²) in [5.74, 6) is 1.74. The Balaban J connectivity index is 2.49. The molecule has 0 aliphatic heterocycles. The summed E-state index contributed by atoms with van der Waals surface area (Å²) >= 11 is 0. The molecule has 1 atom stereocenters. The maximum absolute atomic E-state index is 4.38. The fourth-order valence-electron chi connectivity index (χ4n) is 1.60. The molecule has 4 nitrogen and oxygen atoms in total. The van der Waals surface area contributed by atoms with E-state index in [0.29, 0.717) is 0 Å². The van der Waals surface area contributed by atoms with Crippen LogP contribution in [0.3, 0.4) is 0 Å². The first-order chi connectivity index (χ1) is 7.56. The molecule has 1 aromatic rings. The molecule has 4 heteroatoms. The molecule has 16 heavy (non-hydrogen) atoms. The quantitative estimate of drug-likeness (QED) is 0.797. The Kier molecular flexibility index (Phi) is 4.80. The Morgan fingerprint density at radius 2 is 2.19 bits per heavy atom. The fraction of sp³-hybridized carbons (Fsp3) is 0.750. The van der Waals surface area contributed by atoms with E-state index in [9.17, 15) is 0 Å². The Bertz CT molecular complexity index is 317. The molecule has 0 fully saturated rings. The smallest absolute Gasteiger partial charge is 0.204 e. The molecule has 1 rings (SSSR count). The number of imidazole rings is 1. The lowest BCUT2D eigenvalue weighted by Crippen LogP contribution is -2.22. The van der Waals surface area contributed by atoms with Gasteiger partial charge in [-0.15, -0.1) is 0 Å². The number of nitrogens with zero attached hydrogens (tertiary/aromatic N) is 3. The second kappa shape index (κ2) is 5.89. The van der Waals surface area contributed by atoms with Gasteiger partial charge in [-0.2, -0.15) is 0 Å². The standard InChI is InChI=1S/C12H24N4/c1-6-10(2)7-13-8-11-9-14-12(15(3)4)16(11)5/h9-10,13H,6-8H2,1-5H3. The third-order valence-corrected chi connectivity index (χ3v) is 2.96. The lowest BCUT2D eigenvalue weighted by atomic mass is 10.1. The predicted molar refractivity (Wildman–Crippen MR) is 68.7 cm³/mol. The molecule has 0 amide bonds.